The lowest BCUT2D eigenvalue weighted by atomic mass is 10.2. The molecule has 2 amide bonds. The largest absolute Gasteiger partial charge is 0.453 e. The summed E-state index contributed by atoms with van der Waals surface area (Å²) in [6.45, 7) is 0.689. The number of nitrogens with one attached hydrogen (secondary N) is 4. The number of nitrogens with zero attached hydrogens (tertiary/aromatic N) is 1. The number of H-pyrrole nitrogens is 1. The molecule has 1 aliphatic rings. The van der Waals surface area contributed by atoms with Gasteiger partial charge in [0.15, 0.2) is 11.6 Å². The van der Waals surface area contributed by atoms with Crippen LogP contribution in [0.4, 0.5) is 10.1 Å². The van der Waals surface area contributed by atoms with Crippen LogP contribution in [0.2, 0.25) is 10.0 Å². The van der Waals surface area contributed by atoms with E-state index in [-0.39, 0.29) is 56.9 Å². The zero-order chi connectivity index (χ0) is 27.5. The van der Waals surface area contributed by atoms with Crippen LogP contribution >= 0.6 is 23.2 Å². The lowest BCUT2D eigenvalue weighted by Crippen LogP contribution is -2.35. The number of carbonyl (C=O) groups excluding carboxylic acids is 2. The highest BCUT2D eigenvalue weighted by Crippen LogP contribution is 2.35. The van der Waals surface area contributed by atoms with Crippen LogP contribution < -0.4 is 20.7 Å². The van der Waals surface area contributed by atoms with Crippen molar-refractivity contribution in [1.82, 2.24) is 15.6 Å². The minimum Gasteiger partial charge on any atom is -0.453 e. The lowest BCUT2D eigenvalue weighted by Gasteiger charge is -2.13. The van der Waals surface area contributed by atoms with Gasteiger partial charge in [-0.2, -0.15) is 5.26 Å². The molecule has 0 saturated carbocycles. The minimum atomic E-state index is -0.755. The number of halogens is 3. The average molecular weight is 566 g/mol. The third kappa shape index (κ3) is 5.99. The van der Waals surface area contributed by atoms with Gasteiger partial charge in [-0.25, -0.2) is 4.39 Å². The first-order valence-electron chi connectivity index (χ1n) is 12.1. The van der Waals surface area contributed by atoms with E-state index in [4.69, 9.17) is 33.2 Å². The summed E-state index contributed by atoms with van der Waals surface area (Å²) >= 11 is 12.2. The number of aromatic amines is 1. The van der Waals surface area contributed by atoms with Crippen molar-refractivity contribution >= 4 is 51.6 Å². The molecule has 4 N–H and O–H groups in total. The van der Waals surface area contributed by atoms with Gasteiger partial charge >= 0.3 is 0 Å². The Morgan fingerprint density at radius 2 is 1.97 bits per heavy atom. The molecule has 2 heterocycles. The van der Waals surface area contributed by atoms with Gasteiger partial charge in [0.2, 0.25) is 5.91 Å². The Bertz CT molecular complexity index is 1630. The summed E-state index contributed by atoms with van der Waals surface area (Å²) in [6.07, 6.45) is 1.76. The van der Waals surface area contributed by atoms with Gasteiger partial charge in [-0.05, 0) is 67.9 Å². The minimum absolute atomic E-state index is 0.0169. The number of hydrogen-bond acceptors (Lipinski definition) is 5. The van der Waals surface area contributed by atoms with Gasteiger partial charge in [0.1, 0.15) is 11.4 Å². The third-order valence-electron chi connectivity index (χ3n) is 6.30. The molecule has 1 aliphatic heterocycles. The summed E-state index contributed by atoms with van der Waals surface area (Å²) in [4.78, 5) is 28.3. The van der Waals surface area contributed by atoms with Crippen LogP contribution in [0.5, 0.6) is 11.5 Å². The molecule has 8 nitrogen and oxygen atoms in total. The number of aromatic nitrogens is 1. The van der Waals surface area contributed by atoms with Crippen LogP contribution in [0.1, 0.15) is 34.5 Å². The van der Waals surface area contributed by atoms with Crippen LogP contribution in [-0.4, -0.2) is 29.4 Å². The standard InChI is InChI=1S/C28H22Cl2FN5O3/c29-18-8-15(13-32)9-20(12-18)39-26-21(30)5-3-16(25(26)31)14-34-27(37)24-11-17-10-19(4-6-22(17)36-24)35-28(38)23-2-1-7-33-23/h3-6,8-12,23,33,36H,1-2,7,14H2,(H,34,37)(H,35,38)/t23-/m0/s1. The predicted octanol–water partition coefficient (Wildman–Crippen LogP) is 5.90. The fourth-order valence-corrected chi connectivity index (χ4v) is 4.76. The van der Waals surface area contributed by atoms with E-state index < -0.39 is 11.7 Å². The van der Waals surface area contributed by atoms with Crippen LogP contribution in [0, 0.1) is 17.1 Å². The topological polar surface area (TPSA) is 119 Å². The number of benzene rings is 3. The van der Waals surface area contributed by atoms with Crippen LogP contribution in [0.3, 0.4) is 0 Å². The maximum atomic E-state index is 15.3. The van der Waals surface area contributed by atoms with Gasteiger partial charge in [-0.15, -0.1) is 0 Å². The normalized spacial score (nSPS) is 14.7. The summed E-state index contributed by atoms with van der Waals surface area (Å²) in [6, 6.07) is 15.9. The van der Waals surface area contributed by atoms with E-state index in [1.54, 1.807) is 24.3 Å². The molecule has 0 bridgehead atoms. The summed E-state index contributed by atoms with van der Waals surface area (Å²) < 4.78 is 20.9. The maximum Gasteiger partial charge on any atom is 0.267 e. The number of fused-ring (bicyclic) bond motifs is 1. The van der Waals surface area contributed by atoms with Crippen LogP contribution in [0.25, 0.3) is 10.9 Å². The van der Waals surface area contributed by atoms with Crippen molar-refractivity contribution in [3.05, 3.63) is 87.3 Å². The average Bonchev–Trinajstić information content (AvgIpc) is 3.60. The number of carbonyl (C=O) groups is 2. The van der Waals surface area contributed by atoms with Crippen molar-refractivity contribution in [2.24, 2.45) is 0 Å². The van der Waals surface area contributed by atoms with Gasteiger partial charge < -0.3 is 25.7 Å². The summed E-state index contributed by atoms with van der Waals surface area (Å²) in [7, 11) is 0. The van der Waals surface area contributed by atoms with Gasteiger partial charge in [0, 0.05) is 33.7 Å². The smallest absolute Gasteiger partial charge is 0.267 e. The molecule has 0 radical (unpaired) electrons. The van der Waals surface area contributed by atoms with Gasteiger partial charge in [0.05, 0.1) is 22.7 Å². The van der Waals surface area contributed by atoms with Gasteiger partial charge in [0.25, 0.3) is 5.91 Å². The molecule has 1 aromatic heterocycles. The number of hydrogen-bond donors (Lipinski definition) is 4. The molecule has 198 valence electrons. The zero-order valence-corrected chi connectivity index (χ0v) is 21.9. The SMILES string of the molecule is N#Cc1cc(Cl)cc(Oc2c(Cl)ccc(CNC(=O)c3cc4cc(NC(=O)[C@@H]5CCCN5)ccc4[nH]3)c2F)c1. The Morgan fingerprint density at radius 1 is 1.13 bits per heavy atom. The van der Waals surface area contributed by atoms with E-state index in [0.717, 1.165) is 24.8 Å². The Balaban J connectivity index is 1.27. The number of anilines is 1. The molecular weight excluding hydrogens is 544 g/mol. The van der Waals surface area contributed by atoms with Crippen molar-refractivity contribution in [1.29, 1.82) is 5.26 Å². The molecule has 39 heavy (non-hydrogen) atoms. The first-order valence-corrected chi connectivity index (χ1v) is 12.9. The number of rotatable bonds is 7. The summed E-state index contributed by atoms with van der Waals surface area (Å²) in [5, 5.41) is 18.9. The first kappa shape index (κ1) is 26.5. The second-order valence-corrected chi connectivity index (χ2v) is 9.89. The Hall–Kier alpha value is -4.10. The van der Waals surface area contributed by atoms with Crippen molar-refractivity contribution in [3.63, 3.8) is 0 Å². The van der Waals surface area contributed by atoms with E-state index in [0.29, 0.717) is 11.2 Å². The van der Waals surface area contributed by atoms with Crippen LogP contribution in [-0.2, 0) is 11.3 Å². The van der Waals surface area contributed by atoms with E-state index in [2.05, 4.69) is 20.9 Å². The highest BCUT2D eigenvalue weighted by molar-refractivity contribution is 6.32. The Morgan fingerprint density at radius 3 is 2.74 bits per heavy atom. The summed E-state index contributed by atoms with van der Waals surface area (Å²) in [5.41, 5.74) is 2.01. The molecule has 1 saturated heterocycles. The van der Waals surface area contributed by atoms with E-state index in [1.807, 2.05) is 6.07 Å². The second kappa shape index (κ2) is 11.3. The zero-order valence-electron chi connectivity index (χ0n) is 20.4. The molecule has 0 unspecified atom stereocenters. The monoisotopic (exact) mass is 565 g/mol. The fourth-order valence-electron chi connectivity index (χ4n) is 4.35. The lowest BCUT2D eigenvalue weighted by molar-refractivity contribution is -0.117. The number of amides is 2. The van der Waals surface area contributed by atoms with Crippen LogP contribution in [0.15, 0.2) is 54.6 Å². The van der Waals surface area contributed by atoms with Crippen molar-refractivity contribution < 1.29 is 18.7 Å². The molecule has 5 rings (SSSR count). The highest BCUT2D eigenvalue weighted by Gasteiger charge is 2.22. The molecule has 0 aliphatic carbocycles. The van der Waals surface area contributed by atoms with Gasteiger partial charge in [-0.3, -0.25) is 9.59 Å². The highest BCUT2D eigenvalue weighted by atomic mass is 35.5. The van der Waals surface area contributed by atoms with Crippen molar-refractivity contribution in [2.45, 2.75) is 25.4 Å². The molecule has 1 atom stereocenters. The predicted molar refractivity (Wildman–Crippen MR) is 147 cm³/mol. The van der Waals surface area contributed by atoms with Gasteiger partial charge in [-0.1, -0.05) is 29.3 Å². The Kier molecular flexibility index (Phi) is 7.70. The number of ether oxygens (including phenoxy) is 1. The first-order chi connectivity index (χ1) is 18.8. The van der Waals surface area contributed by atoms with E-state index >= 15 is 4.39 Å². The van der Waals surface area contributed by atoms with E-state index in [1.165, 1.54) is 30.3 Å². The quantitative estimate of drug-likeness (QED) is 0.222. The summed E-state index contributed by atoms with van der Waals surface area (Å²) in [5.74, 6) is -1.39. The Labute approximate surface area is 233 Å². The third-order valence-corrected chi connectivity index (χ3v) is 6.81. The van der Waals surface area contributed by atoms with E-state index in [9.17, 15) is 9.59 Å². The maximum absolute atomic E-state index is 15.3. The van der Waals surface area contributed by atoms with Crippen molar-refractivity contribution in [3.8, 4) is 17.6 Å². The van der Waals surface area contributed by atoms with Crippen molar-refractivity contribution in [2.75, 3.05) is 11.9 Å². The molecular formula is C28H22Cl2FN5O3. The molecule has 0 spiro atoms. The fraction of sp³-hybridized carbons (Fsp3) is 0.179. The number of nitriles is 1. The molecule has 11 heteroatoms. The molecule has 1 fully saturated rings. The molecule has 3 aromatic carbocycles. The second-order valence-electron chi connectivity index (χ2n) is 9.04. The molecule has 4 aromatic rings.